The van der Waals surface area contributed by atoms with Gasteiger partial charge in [0.05, 0.1) is 23.0 Å². The van der Waals surface area contributed by atoms with Crippen molar-refractivity contribution in [2.24, 2.45) is 5.41 Å². The molecule has 182 valence electrons. The molecule has 0 spiro atoms. The fourth-order valence-electron chi connectivity index (χ4n) is 3.94. The first-order valence-electron chi connectivity index (χ1n) is 11.3. The van der Waals surface area contributed by atoms with E-state index >= 15 is 0 Å². The lowest BCUT2D eigenvalue weighted by Crippen LogP contribution is -2.41. The summed E-state index contributed by atoms with van der Waals surface area (Å²) in [7, 11) is -3.08. The summed E-state index contributed by atoms with van der Waals surface area (Å²) in [4.78, 5) is 39.8. The first kappa shape index (κ1) is 25.4. The van der Waals surface area contributed by atoms with Crippen LogP contribution >= 0.6 is 0 Å². The van der Waals surface area contributed by atoms with E-state index in [1.54, 1.807) is 12.1 Å². The highest BCUT2D eigenvalue weighted by Crippen LogP contribution is 2.33. The summed E-state index contributed by atoms with van der Waals surface area (Å²) in [6.45, 7) is 3.97. The number of hydrogen-bond donors (Lipinski definition) is 3. The van der Waals surface area contributed by atoms with E-state index in [-0.39, 0.29) is 29.0 Å². The predicted molar refractivity (Wildman–Crippen MR) is 131 cm³/mol. The van der Waals surface area contributed by atoms with Crippen molar-refractivity contribution in [3.05, 3.63) is 81.8 Å². The molecule has 1 aliphatic heterocycles. The van der Waals surface area contributed by atoms with Crippen LogP contribution in [0.25, 0.3) is 0 Å². The van der Waals surface area contributed by atoms with E-state index in [9.17, 15) is 22.8 Å². The number of pyridine rings is 1. The monoisotopic (exact) mass is 485 g/mol. The van der Waals surface area contributed by atoms with Crippen LogP contribution in [0.15, 0.2) is 65.1 Å². The van der Waals surface area contributed by atoms with Gasteiger partial charge in [-0.1, -0.05) is 42.0 Å². The molecule has 8 nitrogen and oxygen atoms in total. The van der Waals surface area contributed by atoms with Crippen molar-refractivity contribution in [3.8, 4) is 0 Å². The number of rotatable bonds is 9. The van der Waals surface area contributed by atoms with Crippen LogP contribution in [-0.4, -0.2) is 43.3 Å². The molecule has 1 aliphatic rings. The molecule has 1 atom stereocenters. The third kappa shape index (κ3) is 6.44. The maximum atomic E-state index is 13.3. The molecular weight excluding hydrogens is 454 g/mol. The molecule has 34 heavy (non-hydrogen) atoms. The predicted octanol–water partition coefficient (Wildman–Crippen LogP) is 2.51. The molecule has 2 aromatic rings. The standard InChI is InChI=1S/C25H31N3O5S/c1-25(2,19-12-16-34(32,33)17-13-19)24(31)28-21(18-8-4-3-5-9-18)11-7-15-27-23(30)20-10-6-14-26-22(20)29/h3-6,8-10,12,14,21H,7,11,13,15-17H2,1-2H3,(H,26,29)(H,27,30)(H,28,31). The second kappa shape index (κ2) is 10.8. The first-order valence-corrected chi connectivity index (χ1v) is 13.1. The lowest BCUT2D eigenvalue weighted by Gasteiger charge is -2.31. The maximum absolute atomic E-state index is 13.3. The summed E-state index contributed by atoms with van der Waals surface area (Å²) in [5, 5.41) is 5.88. The topological polar surface area (TPSA) is 125 Å². The van der Waals surface area contributed by atoms with E-state index in [2.05, 4.69) is 15.6 Å². The summed E-state index contributed by atoms with van der Waals surface area (Å²) in [6, 6.07) is 12.4. The number of amides is 2. The van der Waals surface area contributed by atoms with E-state index in [1.807, 2.05) is 44.2 Å². The average molecular weight is 486 g/mol. The molecule has 9 heteroatoms. The Balaban J connectivity index is 1.64. The van der Waals surface area contributed by atoms with Gasteiger partial charge in [-0.2, -0.15) is 0 Å². The highest BCUT2D eigenvalue weighted by molar-refractivity contribution is 7.91. The van der Waals surface area contributed by atoms with Crippen molar-refractivity contribution in [1.29, 1.82) is 0 Å². The van der Waals surface area contributed by atoms with Crippen molar-refractivity contribution in [3.63, 3.8) is 0 Å². The zero-order valence-corrected chi connectivity index (χ0v) is 20.3. The van der Waals surface area contributed by atoms with E-state index in [0.717, 1.165) is 11.1 Å². The van der Waals surface area contributed by atoms with E-state index in [4.69, 9.17) is 0 Å². The Labute approximate surface area is 199 Å². The highest BCUT2D eigenvalue weighted by atomic mass is 32.2. The number of nitrogens with one attached hydrogen (secondary N) is 3. The Morgan fingerprint density at radius 2 is 1.85 bits per heavy atom. The first-order chi connectivity index (χ1) is 16.1. The minimum Gasteiger partial charge on any atom is -0.352 e. The second-order valence-corrected chi connectivity index (χ2v) is 11.2. The summed E-state index contributed by atoms with van der Waals surface area (Å²) in [6.07, 6.45) is 4.64. The molecule has 0 radical (unpaired) electrons. The van der Waals surface area contributed by atoms with E-state index in [1.165, 1.54) is 12.3 Å². The van der Waals surface area contributed by atoms with E-state index < -0.39 is 26.7 Å². The third-order valence-electron chi connectivity index (χ3n) is 6.16. The summed E-state index contributed by atoms with van der Waals surface area (Å²) >= 11 is 0. The summed E-state index contributed by atoms with van der Waals surface area (Å²) < 4.78 is 23.5. The number of sulfone groups is 1. The van der Waals surface area contributed by atoms with Crippen molar-refractivity contribution in [2.45, 2.75) is 39.2 Å². The maximum Gasteiger partial charge on any atom is 0.260 e. The van der Waals surface area contributed by atoms with Crippen LogP contribution in [0, 0.1) is 5.41 Å². The number of hydrogen-bond acceptors (Lipinski definition) is 5. The molecule has 1 unspecified atom stereocenters. The zero-order chi connectivity index (χ0) is 24.8. The van der Waals surface area contributed by atoms with Gasteiger partial charge in [-0.05, 0) is 50.8 Å². The summed E-state index contributed by atoms with van der Waals surface area (Å²) in [5.74, 6) is -0.596. The normalized spacial score (nSPS) is 16.2. The average Bonchev–Trinajstić information content (AvgIpc) is 2.81. The van der Waals surface area contributed by atoms with Gasteiger partial charge in [0.1, 0.15) is 5.56 Å². The molecule has 2 heterocycles. The Bertz CT molecular complexity index is 1220. The van der Waals surface area contributed by atoms with Crippen LogP contribution in [0.1, 0.15) is 55.1 Å². The van der Waals surface area contributed by atoms with Gasteiger partial charge >= 0.3 is 0 Å². The van der Waals surface area contributed by atoms with Gasteiger partial charge < -0.3 is 15.6 Å². The number of aromatic amines is 1. The largest absolute Gasteiger partial charge is 0.352 e. The number of carbonyl (C=O) groups is 2. The Kier molecular flexibility index (Phi) is 8.09. The molecule has 1 aromatic carbocycles. The van der Waals surface area contributed by atoms with Crippen molar-refractivity contribution >= 4 is 21.7 Å². The SMILES string of the molecule is CC(C)(C(=O)NC(CCCNC(=O)c1ccc[nH]c1=O)c1ccccc1)C1=CCS(=O)(=O)CC1. The number of carbonyl (C=O) groups excluding carboxylic acids is 2. The third-order valence-corrected chi connectivity index (χ3v) is 7.66. The minimum atomic E-state index is -3.08. The smallest absolute Gasteiger partial charge is 0.260 e. The second-order valence-electron chi connectivity index (χ2n) is 8.97. The van der Waals surface area contributed by atoms with Crippen molar-refractivity contribution in [1.82, 2.24) is 15.6 Å². The van der Waals surface area contributed by atoms with E-state index in [0.29, 0.717) is 25.8 Å². The van der Waals surface area contributed by atoms with Crippen molar-refractivity contribution in [2.75, 3.05) is 18.1 Å². The molecule has 0 fully saturated rings. The van der Waals surface area contributed by atoms with Crippen molar-refractivity contribution < 1.29 is 18.0 Å². The molecule has 0 saturated carbocycles. The molecule has 3 rings (SSSR count). The molecule has 2 amide bonds. The van der Waals surface area contributed by atoms with Crippen LogP contribution in [0.3, 0.4) is 0 Å². The van der Waals surface area contributed by atoms with Crippen LogP contribution in [-0.2, 0) is 14.6 Å². The van der Waals surface area contributed by atoms with Crippen LogP contribution < -0.4 is 16.2 Å². The highest BCUT2D eigenvalue weighted by Gasteiger charge is 2.35. The quantitative estimate of drug-likeness (QED) is 0.372. The summed E-state index contributed by atoms with van der Waals surface area (Å²) in [5.41, 5.74) is 0.539. The fraction of sp³-hybridized carbons (Fsp3) is 0.400. The minimum absolute atomic E-state index is 0.0366. The molecule has 0 saturated heterocycles. The van der Waals surface area contributed by atoms with Crippen LogP contribution in [0.2, 0.25) is 0 Å². The fourth-order valence-corrected chi connectivity index (χ4v) is 5.09. The molecule has 1 aromatic heterocycles. The molecular formula is C25H31N3O5S. The Morgan fingerprint density at radius 1 is 1.12 bits per heavy atom. The number of aromatic nitrogens is 1. The van der Waals surface area contributed by atoms with Crippen LogP contribution in [0.4, 0.5) is 0 Å². The lowest BCUT2D eigenvalue weighted by molar-refractivity contribution is -0.128. The molecule has 0 aliphatic carbocycles. The van der Waals surface area contributed by atoms with Gasteiger partial charge in [-0.3, -0.25) is 14.4 Å². The van der Waals surface area contributed by atoms with Gasteiger partial charge in [0.25, 0.3) is 11.5 Å². The zero-order valence-electron chi connectivity index (χ0n) is 19.5. The Morgan fingerprint density at radius 3 is 2.50 bits per heavy atom. The van der Waals surface area contributed by atoms with Gasteiger partial charge in [-0.25, -0.2) is 8.42 Å². The Hall–Kier alpha value is -3.20. The van der Waals surface area contributed by atoms with Gasteiger partial charge in [0.2, 0.25) is 5.91 Å². The van der Waals surface area contributed by atoms with Gasteiger partial charge in [0.15, 0.2) is 9.84 Å². The van der Waals surface area contributed by atoms with Crippen LogP contribution in [0.5, 0.6) is 0 Å². The lowest BCUT2D eigenvalue weighted by atomic mass is 9.81. The molecule has 0 bridgehead atoms. The van der Waals surface area contributed by atoms with Gasteiger partial charge in [-0.15, -0.1) is 0 Å². The number of H-pyrrole nitrogens is 1. The number of benzene rings is 1. The molecule has 3 N–H and O–H groups in total. The van der Waals surface area contributed by atoms with Gasteiger partial charge in [0, 0.05) is 12.7 Å².